The third-order valence-electron chi connectivity index (χ3n) is 7.19. The number of aromatic nitrogens is 1. The quantitative estimate of drug-likeness (QED) is 0.169. The molecule has 10 heteroatoms. The number of sulfonamides is 1. The summed E-state index contributed by atoms with van der Waals surface area (Å²) in [4.78, 5) is 18.6. The minimum absolute atomic E-state index is 0.139. The van der Waals surface area contributed by atoms with Crippen molar-refractivity contribution in [2.45, 2.75) is 24.8 Å². The van der Waals surface area contributed by atoms with Crippen molar-refractivity contribution in [3.63, 3.8) is 0 Å². The molecular weight excluding hydrogens is 569 g/mol. The van der Waals surface area contributed by atoms with Gasteiger partial charge in [0.25, 0.3) is 5.91 Å². The van der Waals surface area contributed by atoms with Crippen molar-refractivity contribution in [3.8, 4) is 5.75 Å². The van der Waals surface area contributed by atoms with Gasteiger partial charge < -0.3 is 4.74 Å². The molecule has 4 aromatic carbocycles. The van der Waals surface area contributed by atoms with Gasteiger partial charge in [-0.1, -0.05) is 65.4 Å². The fourth-order valence-electron chi connectivity index (χ4n) is 4.79. The van der Waals surface area contributed by atoms with Gasteiger partial charge in [0.1, 0.15) is 5.75 Å². The van der Waals surface area contributed by atoms with E-state index in [2.05, 4.69) is 10.1 Å². The first-order valence-corrected chi connectivity index (χ1v) is 15.6. The lowest BCUT2D eigenvalue weighted by Crippen LogP contribution is -2.36. The number of thiazole rings is 1. The van der Waals surface area contributed by atoms with E-state index in [4.69, 9.17) is 4.74 Å². The van der Waals surface area contributed by atoms with Crippen LogP contribution in [-0.4, -0.2) is 43.5 Å². The highest BCUT2D eigenvalue weighted by Crippen LogP contribution is 2.33. The minimum Gasteiger partial charge on any atom is -0.497 e. The lowest BCUT2D eigenvalue weighted by molar-refractivity contribution is 0.0987. The minimum atomic E-state index is -3.74. The van der Waals surface area contributed by atoms with Crippen molar-refractivity contribution in [1.82, 2.24) is 9.29 Å². The van der Waals surface area contributed by atoms with Gasteiger partial charge in [0.2, 0.25) is 15.2 Å². The average Bonchev–Trinajstić information content (AvgIpc) is 3.44. The molecule has 42 heavy (non-hydrogen) atoms. The molecule has 0 aliphatic carbocycles. The van der Waals surface area contributed by atoms with Crippen LogP contribution in [0.15, 0.2) is 101 Å². The molecule has 0 fully saturated rings. The van der Waals surface area contributed by atoms with E-state index in [9.17, 15) is 13.2 Å². The first-order chi connectivity index (χ1) is 20.3. The summed E-state index contributed by atoms with van der Waals surface area (Å²) in [6.07, 6.45) is 2.27. The maximum Gasteiger partial charge on any atom is 0.280 e. The normalized spacial score (nSPS) is 13.8. The summed E-state index contributed by atoms with van der Waals surface area (Å²) >= 11 is 1.31. The lowest BCUT2D eigenvalue weighted by atomic mass is 10.0. The highest BCUT2D eigenvalue weighted by Gasteiger charge is 2.29. The largest absolute Gasteiger partial charge is 0.497 e. The van der Waals surface area contributed by atoms with E-state index in [-0.39, 0.29) is 10.5 Å². The summed E-state index contributed by atoms with van der Waals surface area (Å²) in [5, 5.41) is 6.16. The van der Waals surface area contributed by atoms with Crippen LogP contribution in [-0.2, 0) is 23.0 Å². The Kier molecular flexibility index (Phi) is 7.59. The molecule has 0 saturated heterocycles. The monoisotopic (exact) mass is 596 g/mol. The molecular formula is C32H28N4O4S2. The Balaban J connectivity index is 1.30. The smallest absolute Gasteiger partial charge is 0.280 e. The standard InChI is InChI=1S/C32H28N4O4S2/c1-22-7-9-23(10-8-22)20-33-36(32-34-29-16-13-27(40-2)19-30(29)41-32)31(37)25-11-14-28(15-12-25)42(38,39)35-18-17-24-5-3-4-6-26(24)21-35/h3-16,19-20H,17-18,21H2,1-2H3/b33-20+. The van der Waals surface area contributed by atoms with Crippen molar-refractivity contribution in [2.24, 2.45) is 5.10 Å². The van der Waals surface area contributed by atoms with E-state index >= 15 is 0 Å². The molecule has 0 unspecified atom stereocenters. The molecule has 1 aliphatic rings. The van der Waals surface area contributed by atoms with Gasteiger partial charge in [0.05, 0.1) is 28.4 Å². The zero-order valence-corrected chi connectivity index (χ0v) is 24.7. The van der Waals surface area contributed by atoms with Crippen molar-refractivity contribution in [1.29, 1.82) is 0 Å². The summed E-state index contributed by atoms with van der Waals surface area (Å²) in [7, 11) is -2.14. The van der Waals surface area contributed by atoms with Gasteiger partial charge in [-0.2, -0.15) is 14.4 Å². The number of methoxy groups -OCH3 is 1. The molecule has 2 heterocycles. The molecule has 6 rings (SSSR count). The van der Waals surface area contributed by atoms with Crippen molar-refractivity contribution in [3.05, 3.63) is 119 Å². The van der Waals surface area contributed by atoms with Crippen molar-refractivity contribution in [2.75, 3.05) is 18.7 Å². The molecule has 0 bridgehead atoms. The number of fused-ring (bicyclic) bond motifs is 2. The van der Waals surface area contributed by atoms with E-state index < -0.39 is 15.9 Å². The van der Waals surface area contributed by atoms with Crippen LogP contribution in [0.25, 0.3) is 10.2 Å². The zero-order chi connectivity index (χ0) is 29.3. The van der Waals surface area contributed by atoms with Crippen LogP contribution < -0.4 is 9.75 Å². The fraction of sp³-hybridized carbons (Fsp3) is 0.156. The Bertz CT molecular complexity index is 1900. The second-order valence-corrected chi connectivity index (χ2v) is 12.9. The third-order valence-corrected chi connectivity index (χ3v) is 10.0. The average molecular weight is 597 g/mol. The molecule has 1 aromatic heterocycles. The van der Waals surface area contributed by atoms with E-state index in [0.29, 0.717) is 35.9 Å². The van der Waals surface area contributed by atoms with Crippen LogP contribution in [0, 0.1) is 6.92 Å². The van der Waals surface area contributed by atoms with Crippen LogP contribution in [0.3, 0.4) is 0 Å². The molecule has 0 radical (unpaired) electrons. The number of nitrogens with zero attached hydrogens (tertiary/aromatic N) is 4. The number of carbonyl (C=O) groups excluding carboxylic acids is 1. The van der Waals surface area contributed by atoms with Crippen LogP contribution >= 0.6 is 11.3 Å². The lowest BCUT2D eigenvalue weighted by Gasteiger charge is -2.28. The number of anilines is 1. The second-order valence-electron chi connectivity index (χ2n) is 9.98. The molecule has 1 amide bonds. The highest BCUT2D eigenvalue weighted by atomic mass is 32.2. The summed E-state index contributed by atoms with van der Waals surface area (Å²) in [6, 6.07) is 27.2. The summed E-state index contributed by atoms with van der Waals surface area (Å²) in [5.74, 6) is 0.257. The van der Waals surface area contributed by atoms with Gasteiger partial charge in [-0.3, -0.25) is 4.79 Å². The number of hydrogen-bond donors (Lipinski definition) is 0. The van der Waals surface area contributed by atoms with Crippen molar-refractivity contribution < 1.29 is 17.9 Å². The molecule has 0 spiro atoms. The second kappa shape index (κ2) is 11.5. The van der Waals surface area contributed by atoms with Gasteiger partial charge in [-0.05, 0) is 72.5 Å². The SMILES string of the molecule is COc1ccc2nc(N(/N=C/c3ccc(C)cc3)C(=O)c3ccc(S(=O)(=O)N4CCc5ccccc5C4)cc3)sc2c1. The van der Waals surface area contributed by atoms with Gasteiger partial charge in [0.15, 0.2) is 0 Å². The van der Waals surface area contributed by atoms with E-state index in [1.165, 1.54) is 50.5 Å². The topological polar surface area (TPSA) is 92.2 Å². The fourth-order valence-corrected chi connectivity index (χ4v) is 7.16. The summed E-state index contributed by atoms with van der Waals surface area (Å²) in [6.45, 7) is 2.73. The van der Waals surface area contributed by atoms with Crippen LogP contribution in [0.2, 0.25) is 0 Å². The molecule has 1 aliphatic heterocycles. The van der Waals surface area contributed by atoms with Gasteiger partial charge in [-0.15, -0.1) is 0 Å². The van der Waals surface area contributed by atoms with Gasteiger partial charge in [-0.25, -0.2) is 13.4 Å². The van der Waals surface area contributed by atoms with Crippen LogP contribution in [0.4, 0.5) is 5.13 Å². The summed E-state index contributed by atoms with van der Waals surface area (Å²) < 4.78 is 34.6. The van der Waals surface area contributed by atoms with Gasteiger partial charge >= 0.3 is 0 Å². The van der Waals surface area contributed by atoms with Gasteiger partial charge in [0, 0.05) is 18.7 Å². The number of benzene rings is 4. The third kappa shape index (κ3) is 5.56. The Morgan fingerprint density at radius 2 is 1.74 bits per heavy atom. The molecule has 0 N–H and O–H groups in total. The number of hydrogen-bond acceptors (Lipinski definition) is 7. The zero-order valence-electron chi connectivity index (χ0n) is 23.1. The highest BCUT2D eigenvalue weighted by molar-refractivity contribution is 7.89. The molecule has 212 valence electrons. The van der Waals surface area contributed by atoms with E-state index in [1.54, 1.807) is 13.3 Å². The number of aryl methyl sites for hydroxylation is 1. The van der Waals surface area contributed by atoms with E-state index in [0.717, 1.165) is 21.4 Å². The maximum atomic E-state index is 13.8. The molecule has 5 aromatic rings. The number of ether oxygens (including phenoxy) is 1. The number of carbonyl (C=O) groups is 1. The Morgan fingerprint density at radius 1 is 1.00 bits per heavy atom. The van der Waals surface area contributed by atoms with Crippen LogP contribution in [0.1, 0.15) is 32.6 Å². The van der Waals surface area contributed by atoms with Crippen LogP contribution in [0.5, 0.6) is 5.75 Å². The Morgan fingerprint density at radius 3 is 2.48 bits per heavy atom. The number of hydrazone groups is 1. The number of rotatable bonds is 7. The predicted molar refractivity (Wildman–Crippen MR) is 166 cm³/mol. The maximum absolute atomic E-state index is 13.8. The molecule has 0 saturated carbocycles. The summed E-state index contributed by atoms with van der Waals surface area (Å²) in [5.41, 5.74) is 5.12. The van der Waals surface area contributed by atoms with Crippen molar-refractivity contribution >= 4 is 48.8 Å². The molecule has 0 atom stereocenters. The Hall–Kier alpha value is -4.38. The predicted octanol–water partition coefficient (Wildman–Crippen LogP) is 6.04. The molecule has 8 nitrogen and oxygen atoms in total. The van der Waals surface area contributed by atoms with E-state index in [1.807, 2.05) is 73.7 Å². The first-order valence-electron chi connectivity index (χ1n) is 13.4. The number of amides is 1. The Labute approximate surface area is 248 Å². The first kappa shape index (κ1) is 27.8.